The Morgan fingerprint density at radius 3 is 1.71 bits per heavy atom. The fourth-order valence-corrected chi connectivity index (χ4v) is 11.9. The zero-order valence-corrected chi connectivity index (χ0v) is 53.2. The van der Waals surface area contributed by atoms with E-state index in [0.717, 1.165) is 128 Å². The maximum absolute atomic E-state index is 4.52. The third-order valence-electron chi connectivity index (χ3n) is 16.3. The fourth-order valence-electron chi connectivity index (χ4n) is 11.9. The van der Waals surface area contributed by atoms with Gasteiger partial charge in [0.2, 0.25) is 0 Å². The van der Waals surface area contributed by atoms with E-state index in [1.165, 1.54) is 76.2 Å². The summed E-state index contributed by atoms with van der Waals surface area (Å²) < 4.78 is 0. The molecular formula is C79H124. The van der Waals surface area contributed by atoms with Crippen molar-refractivity contribution in [1.29, 1.82) is 0 Å². The summed E-state index contributed by atoms with van der Waals surface area (Å²) in [5.41, 5.74) is 5.70. The van der Waals surface area contributed by atoms with Crippen molar-refractivity contribution >= 4 is 0 Å². The van der Waals surface area contributed by atoms with E-state index in [9.17, 15) is 0 Å². The Hall–Kier alpha value is -4.42. The van der Waals surface area contributed by atoms with E-state index in [2.05, 4.69) is 240 Å². The van der Waals surface area contributed by atoms with E-state index in [1.807, 2.05) is 6.08 Å². The number of hydrogen-bond acceptors (Lipinski definition) is 0. The minimum Gasteiger partial charge on any atom is -0.0991 e. The van der Waals surface area contributed by atoms with Crippen LogP contribution in [0.2, 0.25) is 0 Å². The molecule has 0 nitrogen and oxygen atoms in total. The molecule has 0 aromatic heterocycles. The topological polar surface area (TPSA) is 0 Å². The van der Waals surface area contributed by atoms with Crippen LogP contribution >= 0.6 is 0 Å². The van der Waals surface area contributed by atoms with Gasteiger partial charge in [0, 0.05) is 10.8 Å². The largest absolute Gasteiger partial charge is 0.0991 e. The lowest BCUT2D eigenvalue weighted by atomic mass is 9.49. The van der Waals surface area contributed by atoms with E-state index in [1.54, 1.807) is 16.7 Å². The summed E-state index contributed by atoms with van der Waals surface area (Å²) in [6.07, 6.45) is 103. The van der Waals surface area contributed by atoms with Crippen LogP contribution in [0.1, 0.15) is 261 Å². The normalized spacial score (nSPS) is 18.2. The molecule has 1 aliphatic rings. The zero-order valence-electron chi connectivity index (χ0n) is 53.2. The Balaban J connectivity index is 5.55. The first-order valence-electron chi connectivity index (χ1n) is 33.1. The average molecular weight is 1070 g/mol. The molecule has 0 saturated carbocycles. The quantitative estimate of drug-likeness (QED) is 0.0324. The smallest absolute Gasteiger partial charge is 0.0231 e. The minimum atomic E-state index is -0.420. The minimum absolute atomic E-state index is 0.372. The van der Waals surface area contributed by atoms with Crippen molar-refractivity contribution in [3.63, 3.8) is 0 Å². The number of hydrogen-bond donors (Lipinski definition) is 0. The summed E-state index contributed by atoms with van der Waals surface area (Å²) >= 11 is 0. The molecule has 0 radical (unpaired) electrons. The SMILES string of the molecule is C=CC=CCC(=C(C=CCC=CC)CC=CC=CC)C(C=CC=C)(CCCC=CCCC)C(C=CCCCCCC)(CCC=CCCCC)C(CCCC=CCC)=C(CCC=CCCC)C(CC=CCCCC)C1C=CC1CC. The summed E-state index contributed by atoms with van der Waals surface area (Å²) in [7, 11) is 0. The molecule has 0 heterocycles. The Bertz CT molecular complexity index is 2010. The van der Waals surface area contributed by atoms with E-state index < -0.39 is 5.41 Å². The molecule has 1 rings (SSSR count). The number of unbranched alkanes of at least 4 members (excludes halogenated alkanes) is 12. The van der Waals surface area contributed by atoms with Crippen molar-refractivity contribution in [2.24, 2.45) is 28.6 Å². The molecule has 0 aromatic carbocycles. The van der Waals surface area contributed by atoms with Gasteiger partial charge in [0.05, 0.1) is 0 Å². The molecular weight excluding hydrogens is 949 g/mol. The van der Waals surface area contributed by atoms with Crippen LogP contribution in [0.25, 0.3) is 0 Å². The molecule has 0 spiro atoms. The molecule has 0 fully saturated rings. The van der Waals surface area contributed by atoms with Gasteiger partial charge >= 0.3 is 0 Å². The van der Waals surface area contributed by atoms with Crippen LogP contribution in [0.5, 0.6) is 0 Å². The maximum atomic E-state index is 4.52. The van der Waals surface area contributed by atoms with Gasteiger partial charge in [0.25, 0.3) is 0 Å². The lowest BCUT2D eigenvalue weighted by Gasteiger charge is -2.54. The lowest BCUT2D eigenvalue weighted by Crippen LogP contribution is -2.45. The summed E-state index contributed by atoms with van der Waals surface area (Å²) in [6.45, 7) is 29.4. The number of rotatable bonds is 50. The third kappa shape index (κ3) is 29.2. The molecule has 440 valence electrons. The molecule has 0 aliphatic heterocycles. The van der Waals surface area contributed by atoms with Crippen LogP contribution in [0.3, 0.4) is 0 Å². The van der Waals surface area contributed by atoms with Gasteiger partial charge in [0.15, 0.2) is 0 Å². The monoisotopic (exact) mass is 1070 g/mol. The molecule has 0 N–H and O–H groups in total. The van der Waals surface area contributed by atoms with Crippen molar-refractivity contribution in [3.8, 4) is 0 Å². The van der Waals surface area contributed by atoms with Gasteiger partial charge in [-0.2, -0.15) is 0 Å². The van der Waals surface area contributed by atoms with Crippen molar-refractivity contribution in [1.82, 2.24) is 0 Å². The predicted molar refractivity (Wildman–Crippen MR) is 363 cm³/mol. The first kappa shape index (κ1) is 72.6. The van der Waals surface area contributed by atoms with E-state index in [4.69, 9.17) is 0 Å². The maximum Gasteiger partial charge on any atom is 0.0231 e. The van der Waals surface area contributed by atoms with Gasteiger partial charge in [-0.1, -0.05) is 306 Å². The lowest BCUT2D eigenvalue weighted by molar-refractivity contribution is 0.175. The molecule has 0 heteroatoms. The summed E-state index contributed by atoms with van der Waals surface area (Å²) in [6, 6.07) is 0. The molecule has 0 amide bonds. The molecule has 79 heavy (non-hydrogen) atoms. The van der Waals surface area contributed by atoms with E-state index in [0.29, 0.717) is 17.8 Å². The van der Waals surface area contributed by atoms with Gasteiger partial charge < -0.3 is 0 Å². The van der Waals surface area contributed by atoms with Crippen molar-refractivity contribution in [3.05, 3.63) is 206 Å². The zero-order chi connectivity index (χ0) is 57.8. The Morgan fingerprint density at radius 2 is 1.08 bits per heavy atom. The Kier molecular flexibility index (Phi) is 46.4. The van der Waals surface area contributed by atoms with Crippen LogP contribution in [0, 0.1) is 28.6 Å². The van der Waals surface area contributed by atoms with Gasteiger partial charge in [-0.15, -0.1) is 0 Å². The fraction of sp³-hybridized carbons (Fsp3) is 0.570. The molecule has 0 saturated heterocycles. The molecule has 5 unspecified atom stereocenters. The van der Waals surface area contributed by atoms with Gasteiger partial charge in [-0.05, 0) is 178 Å². The second-order valence-electron chi connectivity index (χ2n) is 22.4. The Labute approximate surface area is 492 Å². The standard InChI is InChI=1S/C79H124/c1-12-23-33-41-47-56-68-78(67-32-21-10,76(63-50-31-20-9)72(59-51-39-29-18-7)60-52-40-30-19-8)79(69-57-48-42-34-24-13-2,70-58-49-43-35-25-14-3)77(64-55-46-38-28-17-6)75(62-54-45-37-27-16-5)74(61-53-44-36-26-15-4)73-66-65-71(73)22-11/h18-21,28-33,37-39,41-42,44-45,48,50-53,58,60,65-67,70-71,73-74H,9-10,12-17,22-27,34-36,40,43,46-47,49,54-57,59,61-64,68-69H2,1-8,11H3. The highest BCUT2D eigenvalue weighted by Gasteiger charge is 2.53. The predicted octanol–water partition coefficient (Wildman–Crippen LogP) is 26.3. The van der Waals surface area contributed by atoms with Crippen molar-refractivity contribution in [2.75, 3.05) is 0 Å². The highest BCUT2D eigenvalue weighted by atomic mass is 14.6. The summed E-state index contributed by atoms with van der Waals surface area (Å²) in [5.74, 6) is 1.53. The molecule has 5 atom stereocenters. The second-order valence-corrected chi connectivity index (χ2v) is 22.4. The van der Waals surface area contributed by atoms with Crippen LogP contribution in [-0.2, 0) is 0 Å². The summed E-state index contributed by atoms with van der Waals surface area (Å²) in [5, 5.41) is 0. The van der Waals surface area contributed by atoms with Crippen molar-refractivity contribution in [2.45, 2.75) is 261 Å². The Morgan fingerprint density at radius 1 is 0.456 bits per heavy atom. The van der Waals surface area contributed by atoms with Crippen LogP contribution < -0.4 is 0 Å². The first-order chi connectivity index (χ1) is 38.9. The number of allylic oxidation sites excluding steroid dienone is 32. The molecule has 0 aromatic rings. The van der Waals surface area contributed by atoms with Crippen LogP contribution in [0.4, 0.5) is 0 Å². The third-order valence-corrected chi connectivity index (χ3v) is 16.3. The van der Waals surface area contributed by atoms with Gasteiger partial charge in [0.1, 0.15) is 0 Å². The highest BCUT2D eigenvalue weighted by Crippen LogP contribution is 2.63. The van der Waals surface area contributed by atoms with Gasteiger partial charge in [-0.3, -0.25) is 0 Å². The summed E-state index contributed by atoms with van der Waals surface area (Å²) in [4.78, 5) is 0. The van der Waals surface area contributed by atoms with Crippen LogP contribution in [-0.4, -0.2) is 0 Å². The molecule has 1 aliphatic carbocycles. The van der Waals surface area contributed by atoms with Crippen molar-refractivity contribution < 1.29 is 0 Å². The average Bonchev–Trinajstić information content (AvgIpc) is 3.62. The first-order valence-corrected chi connectivity index (χ1v) is 33.1. The van der Waals surface area contributed by atoms with E-state index >= 15 is 0 Å². The molecule has 0 bridgehead atoms. The van der Waals surface area contributed by atoms with Gasteiger partial charge in [-0.25, -0.2) is 0 Å². The highest BCUT2D eigenvalue weighted by molar-refractivity contribution is 5.48. The van der Waals surface area contributed by atoms with E-state index in [-0.39, 0.29) is 5.41 Å². The second kappa shape index (κ2) is 50.5. The van der Waals surface area contributed by atoms with Crippen LogP contribution in [0.15, 0.2) is 206 Å².